The minimum Gasteiger partial charge on any atom is -0.489 e. The third-order valence-electron chi connectivity index (χ3n) is 7.11. The second-order valence-corrected chi connectivity index (χ2v) is 11.1. The van der Waals surface area contributed by atoms with Gasteiger partial charge in [0, 0.05) is 6.42 Å². The maximum absolute atomic E-state index is 12.7. The summed E-state index contributed by atoms with van der Waals surface area (Å²) in [6.07, 6.45) is 6.72. The van der Waals surface area contributed by atoms with Crippen LogP contribution in [0, 0.1) is 0 Å². The molecule has 9 nitrogen and oxygen atoms in total. The smallest absolute Gasteiger partial charge is 0.163 e. The van der Waals surface area contributed by atoms with Gasteiger partial charge < -0.3 is 35.2 Å². The van der Waals surface area contributed by atoms with Crippen molar-refractivity contribution in [1.82, 2.24) is 0 Å². The number of carbonyl (C=O) groups excluding carboxylic acids is 2. The number of hydrogen-bond donors (Lipinski definition) is 2. The fourth-order valence-corrected chi connectivity index (χ4v) is 4.56. The molecule has 0 aromatic heterocycles. The molecular formula is C40H46N2O7+2. The first-order valence-electron chi connectivity index (χ1n) is 16.5. The summed E-state index contributed by atoms with van der Waals surface area (Å²) < 4.78 is 29.5. The zero-order valence-corrected chi connectivity index (χ0v) is 27.9. The Labute approximate surface area is 288 Å². The van der Waals surface area contributed by atoms with E-state index in [1.807, 2.05) is 91.0 Å². The third-order valence-corrected chi connectivity index (χ3v) is 7.11. The Bertz CT molecular complexity index is 1660. The fraction of sp³-hybridized carbons (Fsp3) is 0.250. The number of quaternary nitrogens is 2. The summed E-state index contributed by atoms with van der Waals surface area (Å²) in [5.74, 6) is 1.69. The first-order valence-corrected chi connectivity index (χ1v) is 16.5. The van der Waals surface area contributed by atoms with Crippen LogP contribution in [0.5, 0.6) is 23.0 Å². The number of ketones is 2. The lowest BCUT2D eigenvalue weighted by Crippen LogP contribution is -2.52. The number of allylic oxidation sites excluding steroid dienone is 2. The molecule has 0 aliphatic carbocycles. The van der Waals surface area contributed by atoms with Gasteiger partial charge in [-0.05, 0) is 58.7 Å². The quantitative estimate of drug-likeness (QED) is 0.0703. The van der Waals surface area contributed by atoms with E-state index in [9.17, 15) is 9.59 Å². The van der Waals surface area contributed by atoms with Crippen LogP contribution in [0.2, 0.25) is 0 Å². The van der Waals surface area contributed by atoms with Gasteiger partial charge in [0.15, 0.2) is 34.6 Å². The predicted molar refractivity (Wildman–Crippen MR) is 189 cm³/mol. The Morgan fingerprint density at radius 3 is 1.53 bits per heavy atom. The van der Waals surface area contributed by atoms with Gasteiger partial charge in [0.1, 0.15) is 19.8 Å². The second kappa shape index (κ2) is 20.9. The molecule has 0 unspecified atom stereocenters. The van der Waals surface area contributed by atoms with E-state index < -0.39 is 0 Å². The molecule has 4 rings (SSSR count). The molecule has 4 aromatic rings. The average molecular weight is 667 g/mol. The van der Waals surface area contributed by atoms with E-state index in [0.29, 0.717) is 69.2 Å². The van der Waals surface area contributed by atoms with Crippen LogP contribution in [0.4, 0.5) is 0 Å². The van der Waals surface area contributed by atoms with E-state index in [2.05, 4.69) is 11.5 Å². The van der Waals surface area contributed by atoms with E-state index in [1.54, 1.807) is 18.2 Å². The standard InChI is InChI=1S/C40H44N2O7/c41-20-7-22-46-37-18-14-31(26-39(37)48-29-33-8-3-1-4-9-33)12-16-35(43)28-36(44)17-13-32-15-19-38(47-25-24-45-23-21-42)40(27-32)49-30-34-10-5-2-6-11-34/h1-6,8-19,26-27H,7,20-25,28-30,41-42H2/p+2/b16-12+,17-13+. The Balaban J connectivity index is 1.36. The van der Waals surface area contributed by atoms with Crippen molar-refractivity contribution in [1.29, 1.82) is 0 Å². The molecule has 0 radical (unpaired) electrons. The van der Waals surface area contributed by atoms with E-state index in [1.165, 1.54) is 12.2 Å². The van der Waals surface area contributed by atoms with Crippen LogP contribution in [-0.2, 0) is 27.5 Å². The van der Waals surface area contributed by atoms with E-state index in [4.69, 9.17) is 23.7 Å². The molecule has 0 fully saturated rings. The summed E-state index contributed by atoms with van der Waals surface area (Å²) in [4.78, 5) is 25.4. The molecule has 0 amide bonds. The molecule has 4 aromatic carbocycles. The molecule has 0 aliphatic rings. The van der Waals surface area contributed by atoms with Crippen LogP contribution in [0.3, 0.4) is 0 Å². The minimum atomic E-state index is -0.315. The van der Waals surface area contributed by atoms with Crippen LogP contribution < -0.4 is 30.4 Å². The van der Waals surface area contributed by atoms with Gasteiger partial charge in [0.2, 0.25) is 0 Å². The highest BCUT2D eigenvalue weighted by Crippen LogP contribution is 2.31. The van der Waals surface area contributed by atoms with Crippen LogP contribution in [0.15, 0.2) is 109 Å². The van der Waals surface area contributed by atoms with E-state index in [0.717, 1.165) is 35.2 Å². The molecular weight excluding hydrogens is 620 g/mol. The molecule has 0 bridgehead atoms. The Morgan fingerprint density at radius 1 is 0.531 bits per heavy atom. The monoisotopic (exact) mass is 666 g/mol. The highest BCUT2D eigenvalue weighted by atomic mass is 16.5. The van der Waals surface area contributed by atoms with Gasteiger partial charge in [-0.2, -0.15) is 0 Å². The first-order chi connectivity index (χ1) is 24.0. The number of rotatable bonds is 22. The van der Waals surface area contributed by atoms with Gasteiger partial charge in [-0.15, -0.1) is 0 Å². The van der Waals surface area contributed by atoms with Crippen molar-refractivity contribution in [3.63, 3.8) is 0 Å². The average Bonchev–Trinajstić information content (AvgIpc) is 3.13. The molecule has 49 heavy (non-hydrogen) atoms. The van der Waals surface area contributed by atoms with Crippen molar-refractivity contribution >= 4 is 23.7 Å². The third kappa shape index (κ3) is 13.4. The van der Waals surface area contributed by atoms with E-state index >= 15 is 0 Å². The summed E-state index contributed by atoms with van der Waals surface area (Å²) in [6, 6.07) is 30.6. The summed E-state index contributed by atoms with van der Waals surface area (Å²) in [7, 11) is 0. The maximum Gasteiger partial charge on any atom is 0.163 e. The predicted octanol–water partition coefficient (Wildman–Crippen LogP) is 4.75. The molecule has 0 saturated carbocycles. The van der Waals surface area contributed by atoms with Gasteiger partial charge in [-0.1, -0.05) is 84.9 Å². The van der Waals surface area contributed by atoms with Crippen LogP contribution >= 0.6 is 0 Å². The topological polar surface area (TPSA) is 136 Å². The van der Waals surface area contributed by atoms with Gasteiger partial charge >= 0.3 is 0 Å². The summed E-state index contributed by atoms with van der Waals surface area (Å²) in [6.45, 7) is 4.10. The largest absolute Gasteiger partial charge is 0.489 e. The highest BCUT2D eigenvalue weighted by Gasteiger charge is 2.10. The van der Waals surface area contributed by atoms with Crippen molar-refractivity contribution in [2.45, 2.75) is 26.1 Å². The number of hydrogen-bond acceptors (Lipinski definition) is 7. The molecule has 6 N–H and O–H groups in total. The number of carbonyl (C=O) groups is 2. The van der Waals surface area contributed by atoms with Gasteiger partial charge in [0.05, 0.1) is 39.3 Å². The first kappa shape index (κ1) is 36.6. The SMILES string of the molecule is [NH3+]CCCOc1ccc(/C=C/C(=O)CC(=O)/C=C/c2ccc(OCCOCC[NH3+])c(OCc3ccccc3)c2)cc1OCc1ccccc1. The van der Waals surface area contributed by atoms with Gasteiger partial charge in [-0.3, -0.25) is 9.59 Å². The summed E-state index contributed by atoms with van der Waals surface area (Å²) >= 11 is 0. The fourth-order valence-electron chi connectivity index (χ4n) is 4.56. The van der Waals surface area contributed by atoms with Crippen LogP contribution in [0.25, 0.3) is 12.2 Å². The molecule has 0 spiro atoms. The molecule has 0 heterocycles. The van der Waals surface area contributed by atoms with Gasteiger partial charge in [0.25, 0.3) is 0 Å². The zero-order chi connectivity index (χ0) is 34.5. The van der Waals surface area contributed by atoms with Crippen molar-refractivity contribution in [2.24, 2.45) is 0 Å². The number of ether oxygens (including phenoxy) is 5. The lowest BCUT2D eigenvalue weighted by atomic mass is 10.1. The second-order valence-electron chi connectivity index (χ2n) is 11.1. The molecule has 256 valence electrons. The van der Waals surface area contributed by atoms with E-state index in [-0.39, 0.29) is 18.0 Å². The maximum atomic E-state index is 12.7. The number of benzene rings is 4. The van der Waals surface area contributed by atoms with Gasteiger partial charge in [-0.25, -0.2) is 0 Å². The molecule has 0 atom stereocenters. The van der Waals surface area contributed by atoms with Crippen molar-refractivity contribution < 1.29 is 44.7 Å². The van der Waals surface area contributed by atoms with Crippen molar-refractivity contribution in [2.75, 3.05) is 39.5 Å². The lowest BCUT2D eigenvalue weighted by Gasteiger charge is -2.14. The van der Waals surface area contributed by atoms with Crippen molar-refractivity contribution in [3.05, 3.63) is 131 Å². The Kier molecular flexibility index (Phi) is 15.6. The van der Waals surface area contributed by atoms with Crippen LogP contribution in [-0.4, -0.2) is 51.1 Å². The summed E-state index contributed by atoms with van der Waals surface area (Å²) in [5.41, 5.74) is 11.2. The minimum absolute atomic E-state index is 0.261. The zero-order valence-electron chi connectivity index (χ0n) is 27.9. The lowest BCUT2D eigenvalue weighted by molar-refractivity contribution is -0.374. The highest BCUT2D eigenvalue weighted by molar-refractivity contribution is 6.10. The Morgan fingerprint density at radius 2 is 1.04 bits per heavy atom. The van der Waals surface area contributed by atoms with Crippen LogP contribution in [0.1, 0.15) is 35.1 Å². The molecule has 0 saturated heterocycles. The molecule has 0 aliphatic heterocycles. The van der Waals surface area contributed by atoms with Crippen molar-refractivity contribution in [3.8, 4) is 23.0 Å². The molecule has 9 heteroatoms. The Hall–Kier alpha value is -5.22. The summed E-state index contributed by atoms with van der Waals surface area (Å²) in [5, 5.41) is 0. The normalized spacial score (nSPS) is 11.1.